The fraction of sp³-hybridized carbons (Fsp3) is 0. The Kier molecular flexibility index (Phi) is 4.85. The first-order valence-corrected chi connectivity index (χ1v) is 2.66. The summed E-state index contributed by atoms with van der Waals surface area (Å²) in [5.74, 6) is 0. The standard InChI is InChI=1S/C2H4O3S.Zn/c1-2-6(3,4)5;/h2H,1H2,(H,3,4,5);. The van der Waals surface area contributed by atoms with Crippen LogP contribution in [-0.2, 0) is 29.6 Å². The third kappa shape index (κ3) is 10.7. The van der Waals surface area contributed by atoms with E-state index >= 15 is 0 Å². The average molecular weight is 174 g/mol. The first kappa shape index (κ1) is 10.3. The minimum atomic E-state index is -3.90. The van der Waals surface area contributed by atoms with E-state index in [9.17, 15) is 8.42 Å². The van der Waals surface area contributed by atoms with E-state index < -0.39 is 10.1 Å². The molecule has 0 spiro atoms. The van der Waals surface area contributed by atoms with Crippen molar-refractivity contribution >= 4 is 10.1 Å². The van der Waals surface area contributed by atoms with Gasteiger partial charge in [-0.25, -0.2) is 0 Å². The zero-order chi connectivity index (χ0) is 5.21. The van der Waals surface area contributed by atoms with Crippen molar-refractivity contribution < 1.29 is 32.4 Å². The Labute approximate surface area is 54.9 Å². The topological polar surface area (TPSA) is 54.4 Å². The quantitative estimate of drug-likeness (QED) is 0.449. The Morgan fingerprint density at radius 1 is 1.57 bits per heavy atom. The Hall–Kier alpha value is 0.273. The third-order valence-corrected chi connectivity index (χ3v) is 0.632. The van der Waals surface area contributed by atoms with Crippen molar-refractivity contribution in [1.82, 2.24) is 0 Å². The summed E-state index contributed by atoms with van der Waals surface area (Å²) in [6.07, 6.45) is 0. The summed E-state index contributed by atoms with van der Waals surface area (Å²) in [4.78, 5) is 0. The summed E-state index contributed by atoms with van der Waals surface area (Å²) in [6.45, 7) is 2.79. The zero-order valence-electron chi connectivity index (χ0n) is 3.66. The van der Waals surface area contributed by atoms with Gasteiger partial charge in [-0.1, -0.05) is 6.58 Å². The second kappa shape index (κ2) is 3.30. The van der Waals surface area contributed by atoms with E-state index in [1.807, 2.05) is 0 Å². The van der Waals surface area contributed by atoms with Gasteiger partial charge in [-0.15, -0.1) is 0 Å². The van der Waals surface area contributed by atoms with Gasteiger partial charge in [0.15, 0.2) is 0 Å². The average Bonchev–Trinajstić information content (AvgIpc) is 1.35. The van der Waals surface area contributed by atoms with E-state index in [1.54, 1.807) is 0 Å². The second-order valence-electron chi connectivity index (χ2n) is 0.682. The Balaban J connectivity index is 0. The molecule has 38 valence electrons. The summed E-state index contributed by atoms with van der Waals surface area (Å²) in [7, 11) is -3.90. The van der Waals surface area contributed by atoms with E-state index in [-0.39, 0.29) is 19.5 Å². The Morgan fingerprint density at radius 3 is 1.71 bits per heavy atom. The molecule has 0 radical (unpaired) electrons. The van der Waals surface area contributed by atoms with Crippen LogP contribution in [0, 0.1) is 0 Å². The van der Waals surface area contributed by atoms with Crippen molar-refractivity contribution in [2.75, 3.05) is 0 Å². The van der Waals surface area contributed by atoms with Gasteiger partial charge in [0.2, 0.25) is 0 Å². The summed E-state index contributed by atoms with van der Waals surface area (Å²) in [5.41, 5.74) is 0. The molecular formula is C2H4O3SZn. The molecule has 0 aromatic rings. The second-order valence-corrected chi connectivity index (χ2v) is 2.04. The molecule has 0 heterocycles. The molecule has 0 aliphatic carbocycles. The first-order valence-electron chi connectivity index (χ1n) is 1.16. The molecule has 3 nitrogen and oxygen atoms in total. The van der Waals surface area contributed by atoms with Gasteiger partial charge in [0.1, 0.15) is 0 Å². The Morgan fingerprint density at radius 2 is 1.71 bits per heavy atom. The maximum absolute atomic E-state index is 9.44. The van der Waals surface area contributed by atoms with Crippen molar-refractivity contribution in [1.29, 1.82) is 0 Å². The Bertz CT molecular complexity index is 123. The van der Waals surface area contributed by atoms with Gasteiger partial charge < -0.3 is 0 Å². The van der Waals surface area contributed by atoms with Gasteiger partial charge in [0, 0.05) is 19.5 Å². The molecule has 0 fully saturated rings. The summed E-state index contributed by atoms with van der Waals surface area (Å²) in [5, 5.41) is 0.465. The van der Waals surface area contributed by atoms with Gasteiger partial charge in [0.25, 0.3) is 10.1 Å². The van der Waals surface area contributed by atoms with Crippen LogP contribution in [0.2, 0.25) is 0 Å². The molecule has 0 rings (SSSR count). The molecule has 0 aromatic heterocycles. The predicted molar refractivity (Wildman–Crippen MR) is 21.7 cm³/mol. The van der Waals surface area contributed by atoms with Crippen LogP contribution in [0.15, 0.2) is 12.0 Å². The molecule has 0 unspecified atom stereocenters. The van der Waals surface area contributed by atoms with Gasteiger partial charge in [0.05, 0.1) is 5.41 Å². The zero-order valence-corrected chi connectivity index (χ0v) is 7.45. The van der Waals surface area contributed by atoms with Gasteiger partial charge in [-0.05, 0) is 0 Å². The van der Waals surface area contributed by atoms with Crippen LogP contribution in [0.25, 0.3) is 0 Å². The molecule has 0 aromatic carbocycles. The van der Waals surface area contributed by atoms with E-state index in [4.69, 9.17) is 4.55 Å². The van der Waals surface area contributed by atoms with Crippen LogP contribution in [0.3, 0.4) is 0 Å². The molecular weight excluding hydrogens is 169 g/mol. The molecule has 0 atom stereocenters. The maximum atomic E-state index is 9.44. The summed E-state index contributed by atoms with van der Waals surface area (Å²) in [6, 6.07) is 0. The molecule has 0 aliphatic rings. The molecule has 7 heavy (non-hydrogen) atoms. The monoisotopic (exact) mass is 172 g/mol. The number of rotatable bonds is 1. The molecule has 0 bridgehead atoms. The molecule has 0 amide bonds. The van der Waals surface area contributed by atoms with Crippen LogP contribution in [0.4, 0.5) is 0 Å². The van der Waals surface area contributed by atoms with Crippen LogP contribution < -0.4 is 0 Å². The van der Waals surface area contributed by atoms with Crippen molar-refractivity contribution in [3.05, 3.63) is 12.0 Å². The minimum absolute atomic E-state index is 0. The van der Waals surface area contributed by atoms with Crippen LogP contribution in [0.5, 0.6) is 0 Å². The van der Waals surface area contributed by atoms with Gasteiger partial charge in [-0.2, -0.15) is 8.42 Å². The van der Waals surface area contributed by atoms with Crippen LogP contribution in [-0.4, -0.2) is 13.0 Å². The van der Waals surface area contributed by atoms with Crippen molar-refractivity contribution in [3.63, 3.8) is 0 Å². The molecule has 5 heteroatoms. The van der Waals surface area contributed by atoms with Crippen molar-refractivity contribution in [2.45, 2.75) is 0 Å². The van der Waals surface area contributed by atoms with E-state index in [0.29, 0.717) is 5.41 Å². The largest absolute Gasteiger partial charge is 0.287 e. The number of hydrogen-bond acceptors (Lipinski definition) is 2. The van der Waals surface area contributed by atoms with Gasteiger partial charge >= 0.3 is 0 Å². The SMILES string of the molecule is C=CS(=O)(=O)O.[Zn]. The minimum Gasteiger partial charge on any atom is -0.282 e. The fourth-order valence-electron chi connectivity index (χ4n) is 0. The van der Waals surface area contributed by atoms with Crippen LogP contribution >= 0.6 is 0 Å². The smallest absolute Gasteiger partial charge is 0.282 e. The maximum Gasteiger partial charge on any atom is 0.287 e. The molecule has 0 saturated heterocycles. The third-order valence-electron chi connectivity index (χ3n) is 0.211. The van der Waals surface area contributed by atoms with E-state index in [0.717, 1.165) is 0 Å². The van der Waals surface area contributed by atoms with E-state index in [2.05, 4.69) is 6.58 Å². The van der Waals surface area contributed by atoms with Gasteiger partial charge in [-0.3, -0.25) is 4.55 Å². The predicted octanol–water partition coefficient (Wildman–Crippen LogP) is 0.0152. The van der Waals surface area contributed by atoms with Crippen molar-refractivity contribution in [3.8, 4) is 0 Å². The first-order chi connectivity index (χ1) is 2.56. The number of hydrogen-bond donors (Lipinski definition) is 1. The molecule has 1 N–H and O–H groups in total. The van der Waals surface area contributed by atoms with Crippen molar-refractivity contribution in [2.24, 2.45) is 0 Å². The fourth-order valence-corrected chi connectivity index (χ4v) is 0. The normalized spacial score (nSPS) is 9.29. The molecule has 0 aliphatic heterocycles. The molecule has 0 saturated carbocycles. The van der Waals surface area contributed by atoms with E-state index in [1.165, 1.54) is 0 Å². The summed E-state index contributed by atoms with van der Waals surface area (Å²) >= 11 is 0. The van der Waals surface area contributed by atoms with Crippen LogP contribution in [0.1, 0.15) is 0 Å². The summed E-state index contributed by atoms with van der Waals surface area (Å²) < 4.78 is 26.6.